The van der Waals surface area contributed by atoms with Crippen LogP contribution in [0.5, 0.6) is 0 Å². The van der Waals surface area contributed by atoms with Gasteiger partial charge in [0.15, 0.2) is 5.69 Å². The summed E-state index contributed by atoms with van der Waals surface area (Å²) >= 11 is 3.22. The Morgan fingerprint density at radius 3 is 2.43 bits per heavy atom. The topological polar surface area (TPSA) is 52.1 Å². The van der Waals surface area contributed by atoms with E-state index in [2.05, 4.69) is 30.6 Å². The second-order valence-electron chi connectivity index (χ2n) is 2.02. The van der Waals surface area contributed by atoms with Gasteiger partial charge in [-0.05, 0) is 0 Å². The third-order valence-corrected chi connectivity index (χ3v) is 1.81. The predicted octanol–water partition coefficient (Wildman–Crippen LogP) is 2.18. The molecule has 1 heterocycles. The smallest absolute Gasteiger partial charge is 0.358 e. The van der Waals surface area contributed by atoms with E-state index in [-0.39, 0.29) is 5.69 Å². The van der Waals surface area contributed by atoms with E-state index < -0.39 is 5.97 Å². The summed E-state index contributed by atoms with van der Waals surface area (Å²) in [6.45, 7) is 4.00. The van der Waals surface area contributed by atoms with Gasteiger partial charge < -0.3 is 4.74 Å². The van der Waals surface area contributed by atoms with E-state index in [4.69, 9.17) is 0 Å². The lowest BCUT2D eigenvalue weighted by atomic mass is 10.4. The zero-order valence-corrected chi connectivity index (χ0v) is 10.0. The third-order valence-electron chi connectivity index (χ3n) is 1.24. The quantitative estimate of drug-likeness (QED) is 0.604. The molecule has 0 bridgehead atoms. The van der Waals surface area contributed by atoms with Crippen molar-refractivity contribution in [3.8, 4) is 0 Å². The second-order valence-corrected chi connectivity index (χ2v) is 2.58. The number of carbonyl (C=O) groups excluding carboxylic acids is 1. The molecule has 5 heteroatoms. The van der Waals surface area contributed by atoms with Crippen molar-refractivity contribution in [1.82, 2.24) is 9.97 Å². The van der Waals surface area contributed by atoms with Crippen LogP contribution in [0.4, 0.5) is 0 Å². The van der Waals surface area contributed by atoms with Crippen LogP contribution in [-0.4, -0.2) is 23.0 Å². The van der Waals surface area contributed by atoms with Crippen molar-refractivity contribution in [1.29, 1.82) is 0 Å². The molecule has 0 spiro atoms. The van der Waals surface area contributed by atoms with Crippen LogP contribution in [0.3, 0.4) is 0 Å². The number of alkyl halides is 1. The highest BCUT2D eigenvalue weighted by Crippen LogP contribution is 2.00. The number of nitrogens with zero attached hydrogens (tertiary/aromatic N) is 2. The summed E-state index contributed by atoms with van der Waals surface area (Å²) in [6, 6.07) is 0. The Bertz CT molecular complexity index is 275. The van der Waals surface area contributed by atoms with Crippen LogP contribution in [0.1, 0.15) is 30.0 Å². The van der Waals surface area contributed by atoms with Gasteiger partial charge in [-0.2, -0.15) is 0 Å². The number of ether oxygens (including phenoxy) is 1. The van der Waals surface area contributed by atoms with E-state index in [1.165, 1.54) is 19.5 Å². The van der Waals surface area contributed by atoms with Gasteiger partial charge >= 0.3 is 5.97 Å². The first-order valence-corrected chi connectivity index (χ1v) is 5.35. The van der Waals surface area contributed by atoms with E-state index in [1.807, 2.05) is 13.8 Å². The Hall–Kier alpha value is -0.970. The number of methoxy groups -OCH3 is 1. The monoisotopic (exact) mass is 260 g/mol. The van der Waals surface area contributed by atoms with Crippen molar-refractivity contribution < 1.29 is 9.53 Å². The highest BCUT2D eigenvalue weighted by Gasteiger charge is 2.06. The van der Waals surface area contributed by atoms with Crippen molar-refractivity contribution in [2.24, 2.45) is 0 Å². The molecule has 0 atom stereocenters. The van der Waals surface area contributed by atoms with E-state index in [0.717, 1.165) is 5.69 Å². The van der Waals surface area contributed by atoms with Crippen molar-refractivity contribution in [3.05, 3.63) is 23.8 Å². The lowest BCUT2D eigenvalue weighted by Crippen LogP contribution is -2.05. The molecule has 0 N–H and O–H groups in total. The highest BCUT2D eigenvalue weighted by molar-refractivity contribution is 9.08. The maximum absolute atomic E-state index is 10.9. The van der Waals surface area contributed by atoms with Crippen molar-refractivity contribution in [2.75, 3.05) is 7.11 Å². The fraction of sp³-hybridized carbons (Fsp3) is 0.444. The zero-order valence-electron chi connectivity index (χ0n) is 8.45. The molecule has 1 rings (SSSR count). The first-order valence-electron chi connectivity index (χ1n) is 4.23. The first kappa shape index (κ1) is 13.0. The van der Waals surface area contributed by atoms with E-state index >= 15 is 0 Å². The van der Waals surface area contributed by atoms with Crippen LogP contribution in [0.2, 0.25) is 0 Å². The number of hydrogen-bond donors (Lipinski definition) is 0. The van der Waals surface area contributed by atoms with Crippen LogP contribution < -0.4 is 0 Å². The minimum atomic E-state index is -0.469. The SMILES string of the molecule is CC.COC(=O)c1cnc(CBr)cn1. The Kier molecular flexibility index (Phi) is 6.92. The molecular formula is C9H13BrN2O2. The van der Waals surface area contributed by atoms with Crippen LogP contribution in [0.15, 0.2) is 12.4 Å². The molecule has 0 aromatic carbocycles. The number of carbonyl (C=O) groups is 1. The van der Waals surface area contributed by atoms with Gasteiger partial charge in [0.25, 0.3) is 0 Å². The molecule has 1 aromatic heterocycles. The van der Waals surface area contributed by atoms with Crippen molar-refractivity contribution in [3.63, 3.8) is 0 Å². The third kappa shape index (κ3) is 3.83. The molecule has 0 radical (unpaired) electrons. The van der Waals surface area contributed by atoms with Crippen LogP contribution in [0.25, 0.3) is 0 Å². The normalized spacial score (nSPS) is 8.57. The summed E-state index contributed by atoms with van der Waals surface area (Å²) in [5.41, 5.74) is 1.00. The lowest BCUT2D eigenvalue weighted by Gasteiger charge is -1.97. The van der Waals surface area contributed by atoms with E-state index in [9.17, 15) is 4.79 Å². The number of aromatic nitrogens is 2. The number of hydrogen-bond acceptors (Lipinski definition) is 4. The lowest BCUT2D eigenvalue weighted by molar-refractivity contribution is 0.0593. The molecule has 0 aliphatic rings. The van der Waals surface area contributed by atoms with Gasteiger partial charge in [0.1, 0.15) is 0 Å². The Morgan fingerprint density at radius 1 is 1.43 bits per heavy atom. The van der Waals surface area contributed by atoms with Crippen molar-refractivity contribution >= 4 is 21.9 Å². The van der Waals surface area contributed by atoms with E-state index in [0.29, 0.717) is 5.33 Å². The molecule has 14 heavy (non-hydrogen) atoms. The zero-order chi connectivity index (χ0) is 11.0. The summed E-state index contributed by atoms with van der Waals surface area (Å²) in [7, 11) is 1.31. The molecule has 0 saturated carbocycles. The largest absolute Gasteiger partial charge is 0.464 e. The summed E-state index contributed by atoms with van der Waals surface area (Å²) in [4.78, 5) is 18.7. The minimum Gasteiger partial charge on any atom is -0.464 e. The van der Waals surface area contributed by atoms with Gasteiger partial charge in [0.2, 0.25) is 0 Å². The Labute approximate surface area is 91.8 Å². The Balaban J connectivity index is 0.000000791. The average molecular weight is 261 g/mol. The highest BCUT2D eigenvalue weighted by atomic mass is 79.9. The van der Waals surface area contributed by atoms with E-state index in [1.54, 1.807) is 0 Å². The second kappa shape index (κ2) is 7.44. The molecule has 4 nitrogen and oxygen atoms in total. The molecule has 0 saturated heterocycles. The van der Waals surface area contributed by atoms with Crippen LogP contribution in [-0.2, 0) is 10.1 Å². The molecule has 0 amide bonds. The average Bonchev–Trinajstić information content (AvgIpc) is 2.31. The number of rotatable bonds is 2. The standard InChI is InChI=1S/C7H7BrN2O2.C2H6/c1-12-7(11)6-4-9-5(2-8)3-10-6;1-2/h3-4H,2H2,1H3;1-2H3. The summed E-state index contributed by atoms with van der Waals surface area (Å²) in [5.74, 6) is -0.469. The maximum atomic E-state index is 10.9. The molecule has 0 fully saturated rings. The fourth-order valence-corrected chi connectivity index (χ4v) is 0.923. The van der Waals surface area contributed by atoms with Crippen molar-refractivity contribution in [2.45, 2.75) is 19.2 Å². The molecule has 1 aromatic rings. The predicted molar refractivity (Wildman–Crippen MR) is 57.4 cm³/mol. The number of halogens is 1. The van der Waals surface area contributed by atoms with Gasteiger partial charge in [-0.1, -0.05) is 29.8 Å². The van der Waals surface area contributed by atoms with Crippen LogP contribution in [0, 0.1) is 0 Å². The van der Waals surface area contributed by atoms with Gasteiger partial charge in [0, 0.05) is 5.33 Å². The van der Waals surface area contributed by atoms with Gasteiger partial charge in [-0.25, -0.2) is 9.78 Å². The molecule has 78 valence electrons. The van der Waals surface area contributed by atoms with Gasteiger partial charge in [-0.15, -0.1) is 0 Å². The summed E-state index contributed by atoms with van der Waals surface area (Å²) in [6.07, 6.45) is 2.92. The summed E-state index contributed by atoms with van der Waals surface area (Å²) < 4.78 is 4.46. The number of esters is 1. The molecule has 0 unspecified atom stereocenters. The molecule has 0 aliphatic heterocycles. The molecular weight excluding hydrogens is 248 g/mol. The maximum Gasteiger partial charge on any atom is 0.358 e. The summed E-state index contributed by atoms with van der Waals surface area (Å²) in [5, 5.41) is 0.626. The fourth-order valence-electron chi connectivity index (χ4n) is 0.634. The Morgan fingerprint density at radius 2 is 2.07 bits per heavy atom. The minimum absolute atomic E-state index is 0.224. The first-order chi connectivity index (χ1) is 6.77. The van der Waals surface area contributed by atoms with Gasteiger partial charge in [-0.3, -0.25) is 4.98 Å². The van der Waals surface area contributed by atoms with Gasteiger partial charge in [0.05, 0.1) is 25.2 Å². The molecule has 0 aliphatic carbocycles. The van der Waals surface area contributed by atoms with Crippen LogP contribution >= 0.6 is 15.9 Å².